The van der Waals surface area contributed by atoms with Crippen molar-refractivity contribution in [2.45, 2.75) is 31.4 Å². The molecule has 172 valence electrons. The molecule has 0 saturated carbocycles. The first-order valence-electron chi connectivity index (χ1n) is 10.5. The summed E-state index contributed by atoms with van der Waals surface area (Å²) in [5.41, 5.74) is 2.01. The van der Waals surface area contributed by atoms with E-state index in [1.807, 2.05) is 0 Å². The number of nitrogens with zero attached hydrogens (tertiary/aromatic N) is 8. The summed E-state index contributed by atoms with van der Waals surface area (Å²) >= 11 is 0. The van der Waals surface area contributed by atoms with E-state index >= 15 is 0 Å². The standard InChI is InChI=1S/C21H18N8O5/c30-8-15-14(31)5-16(34-15)28-10-24-17-18(28)22-9-23-19(17)29-7-11(25-26-29)6-27-20(32)12-3-1-2-4-13(12)21(27)33/h1-4,7,9-10,14-16,30-31H,5-6,8H2/t14-,15+,16+/m0/s1. The van der Waals surface area contributed by atoms with E-state index in [0.29, 0.717) is 33.8 Å². The molecule has 0 aliphatic carbocycles. The van der Waals surface area contributed by atoms with Gasteiger partial charge >= 0.3 is 0 Å². The van der Waals surface area contributed by atoms with Crippen LogP contribution in [0.4, 0.5) is 0 Å². The van der Waals surface area contributed by atoms with Gasteiger partial charge in [0.1, 0.15) is 24.4 Å². The second-order valence-corrected chi connectivity index (χ2v) is 8.03. The van der Waals surface area contributed by atoms with Crippen molar-refractivity contribution in [3.8, 4) is 5.82 Å². The first-order chi connectivity index (χ1) is 16.5. The van der Waals surface area contributed by atoms with E-state index in [4.69, 9.17) is 4.74 Å². The van der Waals surface area contributed by atoms with Gasteiger partial charge in [-0.2, -0.15) is 4.68 Å². The van der Waals surface area contributed by atoms with Gasteiger partial charge in [0.15, 0.2) is 17.0 Å². The summed E-state index contributed by atoms with van der Waals surface area (Å²) in [4.78, 5) is 39.3. The molecule has 3 atom stereocenters. The van der Waals surface area contributed by atoms with Crippen molar-refractivity contribution >= 4 is 23.0 Å². The highest BCUT2D eigenvalue weighted by Crippen LogP contribution is 2.31. The first kappa shape index (κ1) is 20.5. The molecule has 1 fully saturated rings. The molecule has 0 spiro atoms. The molecule has 1 aromatic carbocycles. The first-order valence-corrected chi connectivity index (χ1v) is 10.5. The van der Waals surface area contributed by atoms with Gasteiger partial charge in [-0.15, -0.1) is 5.10 Å². The molecule has 6 rings (SSSR count). The normalized spacial score (nSPS) is 22.2. The predicted octanol–water partition coefficient (Wildman–Crippen LogP) is -0.156. The quantitative estimate of drug-likeness (QED) is 0.381. The van der Waals surface area contributed by atoms with Crippen molar-refractivity contribution in [3.05, 3.63) is 59.9 Å². The van der Waals surface area contributed by atoms with Gasteiger partial charge in [-0.05, 0) is 12.1 Å². The van der Waals surface area contributed by atoms with E-state index in [1.165, 1.54) is 17.3 Å². The fourth-order valence-electron chi connectivity index (χ4n) is 4.29. The van der Waals surface area contributed by atoms with Gasteiger partial charge in [0.05, 0.1) is 42.9 Å². The number of fused-ring (bicyclic) bond motifs is 2. The summed E-state index contributed by atoms with van der Waals surface area (Å²) in [6, 6.07) is 6.67. The topological polar surface area (TPSA) is 161 Å². The zero-order chi connectivity index (χ0) is 23.4. The second kappa shape index (κ2) is 7.76. The lowest BCUT2D eigenvalue weighted by Crippen LogP contribution is -2.29. The highest BCUT2D eigenvalue weighted by atomic mass is 16.5. The number of carbonyl (C=O) groups excluding carboxylic acids is 2. The summed E-state index contributed by atoms with van der Waals surface area (Å²) in [5, 5.41) is 27.6. The molecule has 13 heteroatoms. The Balaban J connectivity index is 1.28. The van der Waals surface area contributed by atoms with Crippen LogP contribution in [0.2, 0.25) is 0 Å². The molecule has 0 unspecified atom stereocenters. The maximum Gasteiger partial charge on any atom is 0.261 e. The van der Waals surface area contributed by atoms with Crippen molar-refractivity contribution in [1.82, 2.24) is 39.4 Å². The fourth-order valence-corrected chi connectivity index (χ4v) is 4.29. The minimum Gasteiger partial charge on any atom is -0.394 e. The van der Waals surface area contributed by atoms with Crippen LogP contribution >= 0.6 is 0 Å². The summed E-state index contributed by atoms with van der Waals surface area (Å²) in [7, 11) is 0. The van der Waals surface area contributed by atoms with E-state index in [-0.39, 0.29) is 31.4 Å². The van der Waals surface area contributed by atoms with E-state index in [0.717, 1.165) is 4.90 Å². The lowest BCUT2D eigenvalue weighted by Gasteiger charge is -2.13. The second-order valence-electron chi connectivity index (χ2n) is 8.03. The van der Waals surface area contributed by atoms with Gasteiger partial charge in [0, 0.05) is 6.42 Å². The summed E-state index contributed by atoms with van der Waals surface area (Å²) in [6.45, 7) is -0.329. The number of rotatable bonds is 5. The molecule has 0 radical (unpaired) electrons. The Hall–Kier alpha value is -4.07. The Bertz CT molecular complexity index is 1400. The average molecular weight is 462 g/mol. The Kier molecular flexibility index (Phi) is 4.69. The molecule has 1 saturated heterocycles. The van der Waals surface area contributed by atoms with E-state index in [1.54, 1.807) is 35.0 Å². The summed E-state index contributed by atoms with van der Waals surface area (Å²) in [5.74, 6) is -0.404. The minimum atomic E-state index is -0.797. The number of hydrogen-bond donors (Lipinski definition) is 2. The van der Waals surface area contributed by atoms with Gasteiger partial charge in [-0.25, -0.2) is 15.0 Å². The fraction of sp³-hybridized carbons (Fsp3) is 0.286. The van der Waals surface area contributed by atoms with Gasteiger partial charge in [0.25, 0.3) is 11.8 Å². The zero-order valence-electron chi connectivity index (χ0n) is 17.6. The minimum absolute atomic E-state index is 0.0363. The molecule has 13 nitrogen and oxygen atoms in total. The van der Waals surface area contributed by atoms with Crippen molar-refractivity contribution in [3.63, 3.8) is 0 Å². The highest BCUT2D eigenvalue weighted by Gasteiger charge is 2.36. The van der Waals surface area contributed by atoms with E-state index in [2.05, 4.69) is 25.3 Å². The van der Waals surface area contributed by atoms with Gasteiger partial charge < -0.3 is 14.9 Å². The molecule has 3 aromatic heterocycles. The van der Waals surface area contributed by atoms with Crippen molar-refractivity contribution < 1.29 is 24.5 Å². The van der Waals surface area contributed by atoms with Crippen LogP contribution < -0.4 is 0 Å². The van der Waals surface area contributed by atoms with Crippen LogP contribution in [0.1, 0.15) is 39.1 Å². The number of imide groups is 1. The third kappa shape index (κ3) is 3.09. The molecule has 5 heterocycles. The number of amides is 2. The number of aromatic nitrogens is 7. The number of ether oxygens (including phenoxy) is 1. The lowest BCUT2D eigenvalue weighted by atomic mass is 10.1. The zero-order valence-corrected chi connectivity index (χ0v) is 17.6. The number of aliphatic hydroxyl groups excluding tert-OH is 2. The molecule has 2 N–H and O–H groups in total. The van der Waals surface area contributed by atoms with Gasteiger partial charge in [0.2, 0.25) is 0 Å². The maximum absolute atomic E-state index is 12.6. The Morgan fingerprint density at radius 3 is 2.56 bits per heavy atom. The van der Waals surface area contributed by atoms with Crippen LogP contribution in [0, 0.1) is 0 Å². The summed E-state index contributed by atoms with van der Waals surface area (Å²) in [6.07, 6.45) is 2.70. The molecule has 4 aromatic rings. The molecular weight excluding hydrogens is 444 g/mol. The number of benzene rings is 1. The highest BCUT2D eigenvalue weighted by molar-refractivity contribution is 6.21. The van der Waals surface area contributed by atoms with Crippen molar-refractivity contribution in [2.75, 3.05) is 6.61 Å². The SMILES string of the molecule is O=C1c2ccccc2C(=O)N1Cc1cn(-c2ncnc3c2ncn3[C@H]2C[C@H](O)[C@@H](CO)O2)nn1. The van der Waals surface area contributed by atoms with Crippen LogP contribution in [0.25, 0.3) is 17.0 Å². The van der Waals surface area contributed by atoms with Crippen LogP contribution in [-0.4, -0.2) is 80.3 Å². The van der Waals surface area contributed by atoms with Gasteiger partial charge in [-0.1, -0.05) is 17.3 Å². The van der Waals surface area contributed by atoms with Crippen molar-refractivity contribution in [1.29, 1.82) is 0 Å². The molecule has 0 bridgehead atoms. The smallest absolute Gasteiger partial charge is 0.261 e. The van der Waals surface area contributed by atoms with E-state index in [9.17, 15) is 19.8 Å². The molecule has 2 aliphatic heterocycles. The average Bonchev–Trinajstić information content (AvgIpc) is 3.62. The maximum atomic E-state index is 12.6. The molecule has 2 aliphatic rings. The predicted molar refractivity (Wildman–Crippen MR) is 113 cm³/mol. The number of hydrogen-bond acceptors (Lipinski definition) is 10. The third-order valence-corrected chi connectivity index (χ3v) is 5.99. The number of aliphatic hydroxyl groups is 2. The lowest BCUT2D eigenvalue weighted by molar-refractivity contribution is -0.0432. The Morgan fingerprint density at radius 1 is 1.09 bits per heavy atom. The Labute approximate surface area is 191 Å². The van der Waals surface area contributed by atoms with Crippen LogP contribution in [-0.2, 0) is 11.3 Å². The number of imidazole rings is 1. The van der Waals surface area contributed by atoms with Crippen LogP contribution in [0.3, 0.4) is 0 Å². The van der Waals surface area contributed by atoms with Crippen LogP contribution in [0.15, 0.2) is 43.1 Å². The Morgan fingerprint density at radius 2 is 1.85 bits per heavy atom. The summed E-state index contributed by atoms with van der Waals surface area (Å²) < 4.78 is 8.77. The largest absolute Gasteiger partial charge is 0.394 e. The van der Waals surface area contributed by atoms with Crippen molar-refractivity contribution in [2.24, 2.45) is 0 Å². The van der Waals surface area contributed by atoms with Gasteiger partial charge in [-0.3, -0.25) is 19.1 Å². The monoisotopic (exact) mass is 462 g/mol. The molecular formula is C21H18N8O5. The third-order valence-electron chi connectivity index (χ3n) is 5.99. The van der Waals surface area contributed by atoms with E-state index < -0.39 is 18.4 Å². The molecule has 2 amide bonds. The molecule has 34 heavy (non-hydrogen) atoms. The van der Waals surface area contributed by atoms with Crippen LogP contribution in [0.5, 0.6) is 0 Å². The number of carbonyl (C=O) groups is 2.